The molecule has 1 rings (SSSR count). The molecule has 0 aliphatic rings. The molecule has 0 aromatic carbocycles. The van der Waals surface area contributed by atoms with Crippen LogP contribution >= 0.6 is 11.6 Å². The van der Waals surface area contributed by atoms with Gasteiger partial charge in [-0.15, -0.1) is 0 Å². The molecule has 1 aromatic heterocycles. The van der Waals surface area contributed by atoms with Crippen LogP contribution in [0.25, 0.3) is 0 Å². The summed E-state index contributed by atoms with van der Waals surface area (Å²) < 4.78 is 6.58. The van der Waals surface area contributed by atoms with E-state index >= 15 is 0 Å². The Morgan fingerprint density at radius 1 is 1.50 bits per heavy atom. The number of aromatic nitrogens is 2. The van der Waals surface area contributed by atoms with Crippen LogP contribution in [-0.2, 0) is 11.3 Å². The number of unbranched alkanes of at least 4 members (excludes halogenated alkanes) is 2. The number of hydrogen-bond donors (Lipinski definition) is 1. The molecular formula is C12H20ClN3O2. The highest BCUT2D eigenvalue weighted by molar-refractivity contribution is 6.33. The van der Waals surface area contributed by atoms with Crippen LogP contribution < -0.4 is 5.73 Å². The van der Waals surface area contributed by atoms with Gasteiger partial charge in [0, 0.05) is 13.5 Å². The first kappa shape index (κ1) is 15.1. The summed E-state index contributed by atoms with van der Waals surface area (Å²) in [5.41, 5.74) is 5.90. The van der Waals surface area contributed by atoms with Crippen molar-refractivity contribution in [3.63, 3.8) is 0 Å². The molecule has 2 N–H and O–H groups in total. The van der Waals surface area contributed by atoms with Crippen LogP contribution in [0.5, 0.6) is 0 Å². The molecule has 0 aliphatic heterocycles. The fourth-order valence-corrected chi connectivity index (χ4v) is 1.96. The number of halogens is 1. The zero-order chi connectivity index (χ0) is 13.4. The van der Waals surface area contributed by atoms with Crippen molar-refractivity contribution in [2.24, 2.45) is 5.73 Å². The standard InChI is InChI=1S/C12H20ClN3O2/c1-18-8-7-16-12(10(13)9-15-16)11(17)5-3-2-4-6-14/h9H,2-8,14H2,1H3. The van der Waals surface area contributed by atoms with Gasteiger partial charge in [0.2, 0.25) is 0 Å². The topological polar surface area (TPSA) is 70.1 Å². The molecule has 0 fully saturated rings. The van der Waals surface area contributed by atoms with Crippen molar-refractivity contribution in [1.82, 2.24) is 9.78 Å². The largest absolute Gasteiger partial charge is 0.383 e. The van der Waals surface area contributed by atoms with E-state index in [2.05, 4.69) is 5.10 Å². The number of ether oxygens (including phenoxy) is 1. The number of hydrogen-bond acceptors (Lipinski definition) is 4. The number of nitrogens with two attached hydrogens (primary N) is 1. The van der Waals surface area contributed by atoms with E-state index in [1.807, 2.05) is 0 Å². The molecule has 0 unspecified atom stereocenters. The van der Waals surface area contributed by atoms with E-state index in [1.165, 1.54) is 6.20 Å². The summed E-state index contributed by atoms with van der Waals surface area (Å²) in [6.07, 6.45) is 4.74. The highest BCUT2D eigenvalue weighted by atomic mass is 35.5. The Morgan fingerprint density at radius 2 is 2.28 bits per heavy atom. The second kappa shape index (κ2) is 8.24. The average Bonchev–Trinajstić information content (AvgIpc) is 2.73. The molecule has 0 bridgehead atoms. The third kappa shape index (κ3) is 4.40. The predicted octanol–water partition coefficient (Wildman–Crippen LogP) is 1.88. The lowest BCUT2D eigenvalue weighted by Gasteiger charge is -2.06. The third-order valence-electron chi connectivity index (χ3n) is 2.67. The van der Waals surface area contributed by atoms with Crippen molar-refractivity contribution >= 4 is 17.4 Å². The minimum absolute atomic E-state index is 0.0330. The summed E-state index contributed by atoms with van der Waals surface area (Å²) in [5.74, 6) is 0.0330. The van der Waals surface area contributed by atoms with E-state index in [0.717, 1.165) is 19.3 Å². The minimum Gasteiger partial charge on any atom is -0.383 e. The van der Waals surface area contributed by atoms with E-state index < -0.39 is 0 Å². The Kier molecular flexibility index (Phi) is 6.93. The van der Waals surface area contributed by atoms with Gasteiger partial charge in [0.15, 0.2) is 5.78 Å². The van der Waals surface area contributed by atoms with Crippen molar-refractivity contribution < 1.29 is 9.53 Å². The lowest BCUT2D eigenvalue weighted by Crippen LogP contribution is -2.14. The predicted molar refractivity (Wildman–Crippen MR) is 71.0 cm³/mol. The fourth-order valence-electron chi connectivity index (χ4n) is 1.71. The third-order valence-corrected chi connectivity index (χ3v) is 2.95. The van der Waals surface area contributed by atoms with Crippen LogP contribution in [0.15, 0.2) is 6.20 Å². The SMILES string of the molecule is COCCn1ncc(Cl)c1C(=O)CCCCCN. The average molecular weight is 274 g/mol. The molecule has 0 atom stereocenters. The molecule has 0 spiro atoms. The first-order valence-corrected chi connectivity index (χ1v) is 6.52. The lowest BCUT2D eigenvalue weighted by atomic mass is 10.1. The molecule has 18 heavy (non-hydrogen) atoms. The lowest BCUT2D eigenvalue weighted by molar-refractivity contribution is 0.0965. The highest BCUT2D eigenvalue weighted by Gasteiger charge is 2.16. The van der Waals surface area contributed by atoms with Crippen LogP contribution in [0, 0.1) is 0 Å². The van der Waals surface area contributed by atoms with Crippen molar-refractivity contribution in [2.45, 2.75) is 32.2 Å². The summed E-state index contributed by atoms with van der Waals surface area (Å²) in [6.45, 7) is 1.71. The van der Waals surface area contributed by atoms with E-state index in [0.29, 0.717) is 36.8 Å². The van der Waals surface area contributed by atoms with Crippen LogP contribution in [0.3, 0.4) is 0 Å². The molecule has 6 heteroatoms. The van der Waals surface area contributed by atoms with Gasteiger partial charge >= 0.3 is 0 Å². The second-order valence-corrected chi connectivity index (χ2v) is 4.49. The maximum atomic E-state index is 12.1. The molecule has 102 valence electrons. The summed E-state index contributed by atoms with van der Waals surface area (Å²) in [7, 11) is 1.61. The Labute approximate surface area is 112 Å². The van der Waals surface area contributed by atoms with E-state index in [1.54, 1.807) is 11.8 Å². The van der Waals surface area contributed by atoms with Crippen LogP contribution in [-0.4, -0.2) is 35.8 Å². The van der Waals surface area contributed by atoms with Crippen molar-refractivity contribution in [3.05, 3.63) is 16.9 Å². The number of rotatable bonds is 9. The molecule has 1 heterocycles. The van der Waals surface area contributed by atoms with Crippen molar-refractivity contribution in [2.75, 3.05) is 20.3 Å². The van der Waals surface area contributed by atoms with Gasteiger partial charge in [-0.25, -0.2) is 0 Å². The Morgan fingerprint density at radius 3 is 2.94 bits per heavy atom. The normalized spacial score (nSPS) is 10.8. The van der Waals surface area contributed by atoms with Gasteiger partial charge in [-0.3, -0.25) is 9.48 Å². The molecular weight excluding hydrogens is 254 g/mol. The summed E-state index contributed by atoms with van der Waals surface area (Å²) in [5, 5.41) is 4.49. The Hall–Kier alpha value is -0.910. The molecule has 0 radical (unpaired) electrons. The van der Waals surface area contributed by atoms with Gasteiger partial charge in [-0.1, -0.05) is 18.0 Å². The van der Waals surface area contributed by atoms with Gasteiger partial charge in [-0.2, -0.15) is 5.10 Å². The number of ketones is 1. The van der Waals surface area contributed by atoms with Crippen LogP contribution in [0.2, 0.25) is 5.02 Å². The molecule has 1 aromatic rings. The van der Waals surface area contributed by atoms with Gasteiger partial charge in [0.25, 0.3) is 0 Å². The van der Waals surface area contributed by atoms with Gasteiger partial charge in [-0.05, 0) is 19.4 Å². The first-order chi connectivity index (χ1) is 8.70. The summed E-state index contributed by atoms with van der Waals surface area (Å²) >= 11 is 5.99. The van der Waals surface area contributed by atoms with Gasteiger partial charge in [0.1, 0.15) is 5.69 Å². The maximum Gasteiger partial charge on any atom is 0.182 e. The van der Waals surface area contributed by atoms with Gasteiger partial charge in [0.05, 0.1) is 24.4 Å². The highest BCUT2D eigenvalue weighted by Crippen LogP contribution is 2.18. The molecule has 0 saturated heterocycles. The number of nitrogens with zero attached hydrogens (tertiary/aromatic N) is 2. The smallest absolute Gasteiger partial charge is 0.182 e. The number of carbonyl (C=O) groups excluding carboxylic acids is 1. The van der Waals surface area contributed by atoms with Crippen molar-refractivity contribution in [1.29, 1.82) is 0 Å². The summed E-state index contributed by atoms with van der Waals surface area (Å²) in [6, 6.07) is 0. The number of carbonyl (C=O) groups is 1. The number of Topliss-reactive ketones (excluding diaryl/α,β-unsaturated/α-hetero) is 1. The summed E-state index contributed by atoms with van der Waals surface area (Å²) in [4.78, 5) is 12.1. The zero-order valence-corrected chi connectivity index (χ0v) is 11.4. The molecule has 0 aliphatic carbocycles. The van der Waals surface area contributed by atoms with Crippen LogP contribution in [0.1, 0.15) is 36.2 Å². The first-order valence-electron chi connectivity index (χ1n) is 6.14. The van der Waals surface area contributed by atoms with E-state index in [9.17, 15) is 4.79 Å². The fraction of sp³-hybridized carbons (Fsp3) is 0.667. The van der Waals surface area contributed by atoms with Crippen molar-refractivity contribution in [3.8, 4) is 0 Å². The van der Waals surface area contributed by atoms with Crippen LogP contribution in [0.4, 0.5) is 0 Å². The number of methoxy groups -OCH3 is 1. The molecule has 0 amide bonds. The Bertz CT molecular complexity index is 379. The maximum absolute atomic E-state index is 12.1. The quantitative estimate of drug-likeness (QED) is 0.551. The Balaban J connectivity index is 2.57. The molecule has 0 saturated carbocycles. The molecule has 5 nitrogen and oxygen atoms in total. The second-order valence-electron chi connectivity index (χ2n) is 4.08. The zero-order valence-electron chi connectivity index (χ0n) is 10.7. The van der Waals surface area contributed by atoms with E-state index in [-0.39, 0.29) is 5.78 Å². The van der Waals surface area contributed by atoms with Gasteiger partial charge < -0.3 is 10.5 Å². The minimum atomic E-state index is 0.0330. The monoisotopic (exact) mass is 273 g/mol. The van der Waals surface area contributed by atoms with E-state index in [4.69, 9.17) is 22.1 Å².